The van der Waals surface area contributed by atoms with Crippen LogP contribution in [-0.4, -0.2) is 18.9 Å². The molecule has 0 aromatic heterocycles. The Balaban J connectivity index is 2.15. The summed E-state index contributed by atoms with van der Waals surface area (Å²) in [6.07, 6.45) is -6.21. The number of hydrogen-bond acceptors (Lipinski definition) is 3. The minimum absolute atomic E-state index is 0.0391. The Kier molecular flexibility index (Phi) is 6.17. The molecule has 0 saturated heterocycles. The largest absolute Gasteiger partial charge is 0.416 e. The van der Waals surface area contributed by atoms with Crippen molar-refractivity contribution in [3.05, 3.63) is 70.5 Å². The van der Waals surface area contributed by atoms with Gasteiger partial charge in [-0.1, -0.05) is 24.3 Å². The fraction of sp³-hybridized carbons (Fsp3) is 0.222. The van der Waals surface area contributed by atoms with Crippen LogP contribution in [0.15, 0.2) is 42.5 Å². The number of amidine groups is 1. The first-order valence-corrected chi connectivity index (χ1v) is 7.74. The van der Waals surface area contributed by atoms with E-state index in [4.69, 9.17) is 15.9 Å². The molecule has 0 aliphatic rings. The first-order chi connectivity index (χ1) is 12.6. The highest BCUT2D eigenvalue weighted by molar-refractivity contribution is 5.94. The number of amides is 1. The average Bonchev–Trinajstić information content (AvgIpc) is 2.61. The van der Waals surface area contributed by atoms with Crippen LogP contribution < -0.4 is 11.1 Å². The molecule has 144 valence electrons. The van der Waals surface area contributed by atoms with E-state index in [-0.39, 0.29) is 12.4 Å². The molecule has 0 saturated carbocycles. The highest BCUT2D eigenvalue weighted by Gasteiger charge is 2.33. The van der Waals surface area contributed by atoms with Crippen molar-refractivity contribution < 1.29 is 27.1 Å². The van der Waals surface area contributed by atoms with Gasteiger partial charge in [-0.3, -0.25) is 10.2 Å². The molecule has 2 rings (SSSR count). The van der Waals surface area contributed by atoms with E-state index in [0.29, 0.717) is 29.3 Å². The summed E-state index contributed by atoms with van der Waals surface area (Å²) < 4.78 is 57.4. The Morgan fingerprint density at radius 2 is 1.85 bits per heavy atom. The van der Waals surface area contributed by atoms with Crippen molar-refractivity contribution in [2.24, 2.45) is 5.73 Å². The number of alkyl halides is 3. The number of nitrogens with two attached hydrogens (primary N) is 1. The predicted molar refractivity (Wildman–Crippen MR) is 90.5 cm³/mol. The van der Waals surface area contributed by atoms with Crippen LogP contribution in [0.5, 0.6) is 0 Å². The second kappa shape index (κ2) is 8.17. The lowest BCUT2D eigenvalue weighted by Gasteiger charge is -2.18. The molecule has 9 heteroatoms. The van der Waals surface area contributed by atoms with Gasteiger partial charge in [-0.2, -0.15) is 13.2 Å². The van der Waals surface area contributed by atoms with Crippen LogP contribution in [0.25, 0.3) is 0 Å². The number of nitrogen functional groups attached to an aromatic ring is 1. The van der Waals surface area contributed by atoms with Crippen LogP contribution in [0.4, 0.5) is 17.6 Å². The number of carbonyl (C=O) groups excluding carboxylic acids is 1. The zero-order chi connectivity index (χ0) is 20.2. The summed E-state index contributed by atoms with van der Waals surface area (Å²) in [5.74, 6) is -1.87. The Bertz CT molecular complexity index is 835. The standard InChI is InChI=1S/C18H17F4N3O2/c1-27-15(13-8-12(18(20,21)22)6-7-14(13)19)17(26)25-9-10-2-4-11(5-3-10)16(23)24/h2-8,15H,9H2,1H3,(H3,23,24)(H,25,26). The number of rotatable bonds is 6. The molecule has 2 aromatic rings. The van der Waals surface area contributed by atoms with Gasteiger partial charge in [0.1, 0.15) is 11.7 Å². The zero-order valence-corrected chi connectivity index (χ0v) is 14.2. The van der Waals surface area contributed by atoms with Crippen LogP contribution in [0, 0.1) is 11.2 Å². The van der Waals surface area contributed by atoms with Crippen LogP contribution >= 0.6 is 0 Å². The van der Waals surface area contributed by atoms with Crippen LogP contribution in [0.2, 0.25) is 0 Å². The summed E-state index contributed by atoms with van der Waals surface area (Å²) in [4.78, 5) is 12.3. The third kappa shape index (κ3) is 5.04. The van der Waals surface area contributed by atoms with Gasteiger partial charge >= 0.3 is 6.18 Å². The predicted octanol–water partition coefficient (Wildman–Crippen LogP) is 3.13. The van der Waals surface area contributed by atoms with E-state index in [1.807, 2.05) is 0 Å². The first kappa shape index (κ1) is 20.4. The molecule has 5 nitrogen and oxygen atoms in total. The summed E-state index contributed by atoms with van der Waals surface area (Å²) in [6, 6.07) is 8.24. The highest BCUT2D eigenvalue weighted by Crippen LogP contribution is 2.32. The third-order valence-electron chi connectivity index (χ3n) is 3.81. The molecular weight excluding hydrogens is 366 g/mol. The molecule has 2 aromatic carbocycles. The number of carbonyl (C=O) groups is 1. The lowest BCUT2D eigenvalue weighted by atomic mass is 10.0. The number of ether oxygens (including phenoxy) is 1. The van der Waals surface area contributed by atoms with Crippen molar-refractivity contribution in [3.63, 3.8) is 0 Å². The monoisotopic (exact) mass is 383 g/mol. The van der Waals surface area contributed by atoms with E-state index < -0.39 is 35.1 Å². The maximum atomic E-state index is 14.0. The summed E-state index contributed by atoms with van der Waals surface area (Å²) in [5.41, 5.74) is 4.93. The molecule has 0 fully saturated rings. The maximum Gasteiger partial charge on any atom is 0.416 e. The zero-order valence-electron chi connectivity index (χ0n) is 14.2. The van der Waals surface area contributed by atoms with Crippen molar-refractivity contribution in [2.45, 2.75) is 18.8 Å². The fourth-order valence-corrected chi connectivity index (χ4v) is 2.38. The van der Waals surface area contributed by atoms with E-state index in [1.165, 1.54) is 0 Å². The van der Waals surface area contributed by atoms with Gasteiger partial charge in [0.25, 0.3) is 5.91 Å². The smallest absolute Gasteiger partial charge is 0.384 e. The second-order valence-corrected chi connectivity index (χ2v) is 5.68. The van der Waals surface area contributed by atoms with Gasteiger partial charge < -0.3 is 15.8 Å². The van der Waals surface area contributed by atoms with Gasteiger partial charge in [0, 0.05) is 24.8 Å². The van der Waals surface area contributed by atoms with Gasteiger partial charge in [-0.15, -0.1) is 0 Å². The quantitative estimate of drug-likeness (QED) is 0.407. The Morgan fingerprint density at radius 3 is 2.37 bits per heavy atom. The molecule has 27 heavy (non-hydrogen) atoms. The highest BCUT2D eigenvalue weighted by atomic mass is 19.4. The van der Waals surface area contributed by atoms with Gasteiger partial charge in [-0.25, -0.2) is 4.39 Å². The molecule has 0 heterocycles. The summed E-state index contributed by atoms with van der Waals surface area (Å²) in [6.45, 7) is 0.0391. The van der Waals surface area contributed by atoms with Gasteiger partial charge in [0.05, 0.1) is 5.56 Å². The number of methoxy groups -OCH3 is 1. The molecular formula is C18H17F4N3O2. The molecule has 1 amide bonds. The van der Waals surface area contributed by atoms with E-state index in [1.54, 1.807) is 24.3 Å². The SMILES string of the molecule is COC(C(=O)NCc1ccc(C(=N)N)cc1)c1cc(C(F)(F)F)ccc1F. The molecule has 4 N–H and O–H groups in total. The molecule has 1 atom stereocenters. The average molecular weight is 383 g/mol. The maximum absolute atomic E-state index is 14.0. The van der Waals surface area contributed by atoms with Crippen molar-refractivity contribution in [3.8, 4) is 0 Å². The number of nitrogens with one attached hydrogen (secondary N) is 2. The van der Waals surface area contributed by atoms with Crippen LogP contribution in [0.1, 0.15) is 28.4 Å². The second-order valence-electron chi connectivity index (χ2n) is 5.68. The lowest BCUT2D eigenvalue weighted by molar-refractivity contribution is -0.138. The fourth-order valence-electron chi connectivity index (χ4n) is 2.38. The number of halogens is 4. The summed E-state index contributed by atoms with van der Waals surface area (Å²) in [7, 11) is 1.10. The van der Waals surface area contributed by atoms with E-state index in [0.717, 1.165) is 7.11 Å². The van der Waals surface area contributed by atoms with Gasteiger partial charge in [0.2, 0.25) is 0 Å². The molecule has 0 spiro atoms. The van der Waals surface area contributed by atoms with Gasteiger partial charge in [0.15, 0.2) is 6.10 Å². The molecule has 0 bridgehead atoms. The topological polar surface area (TPSA) is 88.2 Å². The van der Waals surface area contributed by atoms with Gasteiger partial charge in [-0.05, 0) is 23.8 Å². The van der Waals surface area contributed by atoms with Crippen molar-refractivity contribution in [2.75, 3.05) is 7.11 Å². The van der Waals surface area contributed by atoms with E-state index in [9.17, 15) is 22.4 Å². The Labute approximate surface area is 152 Å². The lowest BCUT2D eigenvalue weighted by Crippen LogP contribution is -2.30. The minimum atomic E-state index is -4.67. The van der Waals surface area contributed by atoms with Crippen molar-refractivity contribution in [1.82, 2.24) is 5.32 Å². The molecule has 0 aliphatic carbocycles. The first-order valence-electron chi connectivity index (χ1n) is 7.74. The molecule has 1 unspecified atom stereocenters. The Morgan fingerprint density at radius 1 is 1.22 bits per heavy atom. The summed E-state index contributed by atoms with van der Waals surface area (Å²) >= 11 is 0. The van der Waals surface area contributed by atoms with Crippen LogP contribution in [-0.2, 0) is 22.3 Å². The van der Waals surface area contributed by atoms with Crippen LogP contribution in [0.3, 0.4) is 0 Å². The number of benzene rings is 2. The molecule has 0 radical (unpaired) electrons. The van der Waals surface area contributed by atoms with Crippen molar-refractivity contribution in [1.29, 1.82) is 5.41 Å². The Hall–Kier alpha value is -2.94. The molecule has 0 aliphatic heterocycles. The minimum Gasteiger partial charge on any atom is -0.384 e. The summed E-state index contributed by atoms with van der Waals surface area (Å²) in [5, 5.41) is 9.80. The normalized spacial score (nSPS) is 12.5. The van der Waals surface area contributed by atoms with E-state index in [2.05, 4.69) is 5.32 Å². The van der Waals surface area contributed by atoms with E-state index >= 15 is 0 Å². The van der Waals surface area contributed by atoms with Crippen molar-refractivity contribution >= 4 is 11.7 Å². The number of hydrogen-bond donors (Lipinski definition) is 3. The third-order valence-corrected chi connectivity index (χ3v) is 3.81.